The summed E-state index contributed by atoms with van der Waals surface area (Å²) >= 11 is 0. The number of carbonyl (C=O) groups is 1. The van der Waals surface area contributed by atoms with Gasteiger partial charge in [0.25, 0.3) is 5.91 Å². The molecule has 10 heteroatoms. The first-order valence-corrected chi connectivity index (χ1v) is 10.6. The van der Waals surface area contributed by atoms with Crippen LogP contribution in [-0.2, 0) is 6.54 Å². The fraction of sp³-hybridized carbons (Fsp3) is 0.364. The van der Waals surface area contributed by atoms with E-state index < -0.39 is 11.3 Å². The summed E-state index contributed by atoms with van der Waals surface area (Å²) in [6.45, 7) is 4.26. The van der Waals surface area contributed by atoms with Crippen molar-refractivity contribution >= 4 is 34.4 Å². The molecule has 4 rings (SSSR count). The zero-order valence-corrected chi connectivity index (χ0v) is 18.1. The predicted octanol–water partition coefficient (Wildman–Crippen LogP) is 1.71. The van der Waals surface area contributed by atoms with Gasteiger partial charge < -0.3 is 31.4 Å². The second-order valence-corrected chi connectivity index (χ2v) is 7.74. The van der Waals surface area contributed by atoms with Gasteiger partial charge in [0.15, 0.2) is 5.65 Å². The Morgan fingerprint density at radius 2 is 2.09 bits per heavy atom. The van der Waals surface area contributed by atoms with Crippen LogP contribution in [0.5, 0.6) is 5.75 Å². The Hall–Kier alpha value is -3.66. The fourth-order valence-corrected chi connectivity index (χ4v) is 4.20. The Bertz CT molecular complexity index is 1230. The Labute approximate surface area is 185 Å². The van der Waals surface area contributed by atoms with E-state index >= 15 is 0 Å². The number of pyridine rings is 1. The average Bonchev–Trinajstić information content (AvgIpc) is 2.80. The highest BCUT2D eigenvalue weighted by atomic mass is 16.5. The van der Waals surface area contributed by atoms with Gasteiger partial charge in [-0.2, -0.15) is 4.98 Å². The lowest BCUT2D eigenvalue weighted by Gasteiger charge is -2.24. The molecular formula is C22H27N7O3. The summed E-state index contributed by atoms with van der Waals surface area (Å²) in [7, 11) is 1.62. The summed E-state index contributed by atoms with van der Waals surface area (Å²) in [5, 5.41) is 6.72. The molecule has 3 aromatic rings. The van der Waals surface area contributed by atoms with Crippen molar-refractivity contribution in [1.29, 1.82) is 0 Å². The SMILES string of the molecule is CCn1c(N)c(C(N)=O)c(=O)c2cnc(Nc3ccc(C4CCNCC4)cc3OC)nc21. The molecular weight excluding hydrogens is 410 g/mol. The van der Waals surface area contributed by atoms with Gasteiger partial charge in [0.05, 0.1) is 18.2 Å². The van der Waals surface area contributed by atoms with Gasteiger partial charge in [0.2, 0.25) is 11.4 Å². The molecule has 3 heterocycles. The van der Waals surface area contributed by atoms with Crippen LogP contribution in [0.1, 0.15) is 41.6 Å². The minimum Gasteiger partial charge on any atom is -0.495 e. The molecule has 2 aromatic heterocycles. The number of hydrogen-bond acceptors (Lipinski definition) is 8. The summed E-state index contributed by atoms with van der Waals surface area (Å²) in [5.41, 5.74) is 12.8. The van der Waals surface area contributed by atoms with Gasteiger partial charge in [-0.05, 0) is 56.5 Å². The maximum atomic E-state index is 12.7. The van der Waals surface area contributed by atoms with Crippen LogP contribution >= 0.6 is 0 Å². The summed E-state index contributed by atoms with van der Waals surface area (Å²) in [6, 6.07) is 6.07. The highest BCUT2D eigenvalue weighted by Gasteiger charge is 2.21. The van der Waals surface area contributed by atoms with E-state index in [0.717, 1.165) is 25.9 Å². The summed E-state index contributed by atoms with van der Waals surface area (Å²) in [5.74, 6) is 0.570. The zero-order valence-electron chi connectivity index (χ0n) is 18.1. The van der Waals surface area contributed by atoms with Crippen molar-refractivity contribution in [2.24, 2.45) is 5.73 Å². The Morgan fingerprint density at radius 3 is 2.75 bits per heavy atom. The lowest BCUT2D eigenvalue weighted by atomic mass is 9.90. The second-order valence-electron chi connectivity index (χ2n) is 7.74. The van der Waals surface area contributed by atoms with Crippen molar-refractivity contribution in [3.63, 3.8) is 0 Å². The standard InChI is InChI=1S/C22H27N7O3/c1-3-29-19(23)17(20(24)31)18(30)14-11-26-22(28-21(14)29)27-15-5-4-13(10-16(15)32-2)12-6-8-25-9-7-12/h4-5,10-12,25H,3,6-9,23H2,1-2H3,(H2,24,31)(H,26,27,28). The van der Waals surface area contributed by atoms with Crippen LogP contribution < -0.4 is 32.3 Å². The number of piperidine rings is 1. The van der Waals surface area contributed by atoms with Crippen LogP contribution in [0.15, 0.2) is 29.2 Å². The van der Waals surface area contributed by atoms with Crippen LogP contribution in [0, 0.1) is 0 Å². The molecule has 1 aliphatic rings. The van der Waals surface area contributed by atoms with E-state index in [4.69, 9.17) is 16.2 Å². The molecule has 32 heavy (non-hydrogen) atoms. The third-order valence-electron chi connectivity index (χ3n) is 5.89. The van der Waals surface area contributed by atoms with Gasteiger partial charge in [-0.25, -0.2) is 4.98 Å². The molecule has 0 bridgehead atoms. The summed E-state index contributed by atoms with van der Waals surface area (Å²) in [4.78, 5) is 33.2. The first-order valence-electron chi connectivity index (χ1n) is 10.6. The van der Waals surface area contributed by atoms with Crippen molar-refractivity contribution in [2.45, 2.75) is 32.2 Å². The molecule has 0 atom stereocenters. The quantitative estimate of drug-likeness (QED) is 0.455. The van der Waals surface area contributed by atoms with Crippen molar-refractivity contribution in [3.8, 4) is 5.75 Å². The van der Waals surface area contributed by atoms with Gasteiger partial charge >= 0.3 is 0 Å². The number of amides is 1. The molecule has 1 saturated heterocycles. The highest BCUT2D eigenvalue weighted by Crippen LogP contribution is 2.33. The fourth-order valence-electron chi connectivity index (χ4n) is 4.20. The molecule has 10 nitrogen and oxygen atoms in total. The number of fused-ring (bicyclic) bond motifs is 1. The topological polar surface area (TPSA) is 150 Å². The van der Waals surface area contributed by atoms with E-state index in [1.54, 1.807) is 11.7 Å². The van der Waals surface area contributed by atoms with Crippen molar-refractivity contribution in [3.05, 3.63) is 45.7 Å². The second kappa shape index (κ2) is 8.83. The first kappa shape index (κ1) is 21.6. The number of anilines is 3. The number of benzene rings is 1. The molecule has 1 aliphatic heterocycles. The maximum absolute atomic E-state index is 12.7. The Morgan fingerprint density at radius 1 is 1.34 bits per heavy atom. The lowest BCUT2D eigenvalue weighted by molar-refractivity contribution is 0.1000. The van der Waals surface area contributed by atoms with Crippen molar-refractivity contribution < 1.29 is 9.53 Å². The number of nitrogens with one attached hydrogen (secondary N) is 2. The highest BCUT2D eigenvalue weighted by molar-refractivity contribution is 6.00. The van der Waals surface area contributed by atoms with Gasteiger partial charge in [-0.3, -0.25) is 9.59 Å². The minimum absolute atomic E-state index is 0.00828. The largest absolute Gasteiger partial charge is 0.495 e. The maximum Gasteiger partial charge on any atom is 0.256 e. The number of ether oxygens (including phenoxy) is 1. The molecule has 168 valence electrons. The Balaban J connectivity index is 1.72. The number of nitrogen functional groups attached to an aromatic ring is 1. The van der Waals surface area contributed by atoms with E-state index in [0.29, 0.717) is 29.5 Å². The van der Waals surface area contributed by atoms with Gasteiger partial charge in [0.1, 0.15) is 17.1 Å². The number of aryl methyl sites for hydroxylation is 1. The van der Waals surface area contributed by atoms with Crippen molar-refractivity contribution in [1.82, 2.24) is 19.9 Å². The summed E-state index contributed by atoms with van der Waals surface area (Å²) in [6.07, 6.45) is 3.56. The van der Waals surface area contributed by atoms with Crippen LogP contribution in [-0.4, -0.2) is 40.6 Å². The van der Waals surface area contributed by atoms with E-state index in [2.05, 4.69) is 26.7 Å². The van der Waals surface area contributed by atoms with Crippen LogP contribution in [0.3, 0.4) is 0 Å². The number of hydrogen-bond donors (Lipinski definition) is 4. The van der Waals surface area contributed by atoms with Gasteiger partial charge in [-0.15, -0.1) is 0 Å². The van der Waals surface area contributed by atoms with Crippen molar-refractivity contribution in [2.75, 3.05) is 31.2 Å². The molecule has 0 spiro atoms. The third-order valence-corrected chi connectivity index (χ3v) is 5.89. The normalized spacial score (nSPS) is 14.4. The van der Waals surface area contributed by atoms with Crippen LogP contribution in [0.25, 0.3) is 11.0 Å². The molecule has 0 aliphatic carbocycles. The van der Waals surface area contributed by atoms with E-state index in [9.17, 15) is 9.59 Å². The monoisotopic (exact) mass is 437 g/mol. The molecule has 0 unspecified atom stereocenters. The van der Waals surface area contributed by atoms with Crippen LogP contribution in [0.2, 0.25) is 0 Å². The predicted molar refractivity (Wildman–Crippen MR) is 124 cm³/mol. The first-order chi connectivity index (χ1) is 15.4. The van der Waals surface area contributed by atoms with Gasteiger partial charge in [-0.1, -0.05) is 6.07 Å². The number of carbonyl (C=O) groups excluding carboxylic acids is 1. The van der Waals surface area contributed by atoms with Crippen LogP contribution in [0.4, 0.5) is 17.5 Å². The molecule has 1 amide bonds. The molecule has 0 saturated carbocycles. The smallest absolute Gasteiger partial charge is 0.256 e. The number of aromatic nitrogens is 3. The van der Waals surface area contributed by atoms with E-state index in [-0.39, 0.29) is 22.7 Å². The molecule has 1 fully saturated rings. The van der Waals surface area contributed by atoms with Gasteiger partial charge in [0, 0.05) is 12.7 Å². The minimum atomic E-state index is -0.877. The number of methoxy groups -OCH3 is 1. The van der Waals surface area contributed by atoms with E-state index in [1.807, 2.05) is 19.1 Å². The molecule has 1 aromatic carbocycles. The lowest BCUT2D eigenvalue weighted by Crippen LogP contribution is -2.28. The number of rotatable bonds is 6. The number of nitrogens with two attached hydrogens (primary N) is 2. The molecule has 0 radical (unpaired) electrons. The Kier molecular flexibility index (Phi) is 5.95. The zero-order chi connectivity index (χ0) is 22.8. The number of primary amides is 1. The average molecular weight is 438 g/mol. The number of nitrogens with zero attached hydrogens (tertiary/aromatic N) is 3. The summed E-state index contributed by atoms with van der Waals surface area (Å²) < 4.78 is 7.17. The van der Waals surface area contributed by atoms with E-state index in [1.165, 1.54) is 11.8 Å². The molecule has 6 N–H and O–H groups in total. The third kappa shape index (κ3) is 3.84.